The highest BCUT2D eigenvalue weighted by atomic mass is 79.9. The number of likely N-dealkylation sites (tertiary alicyclic amines) is 1. The van der Waals surface area contributed by atoms with Gasteiger partial charge < -0.3 is 14.2 Å². The molecule has 8 nitrogen and oxygen atoms in total. The van der Waals surface area contributed by atoms with E-state index in [4.69, 9.17) is 4.42 Å². The van der Waals surface area contributed by atoms with E-state index in [1.807, 2.05) is 15.9 Å². The lowest BCUT2D eigenvalue weighted by Gasteiger charge is -2.47. The van der Waals surface area contributed by atoms with E-state index in [1.165, 1.54) is 11.3 Å². The van der Waals surface area contributed by atoms with Gasteiger partial charge in [0.25, 0.3) is 11.8 Å². The third kappa shape index (κ3) is 3.56. The van der Waals surface area contributed by atoms with Gasteiger partial charge in [-0.25, -0.2) is 9.97 Å². The first-order chi connectivity index (χ1) is 14.1. The molecule has 0 radical (unpaired) electrons. The topological polar surface area (TPSA) is 82.8 Å². The molecule has 2 amide bonds. The van der Waals surface area contributed by atoms with E-state index in [-0.39, 0.29) is 11.8 Å². The van der Waals surface area contributed by atoms with Crippen LogP contribution in [0.1, 0.15) is 21.0 Å². The van der Waals surface area contributed by atoms with Gasteiger partial charge in [-0.3, -0.25) is 14.5 Å². The minimum Gasteiger partial charge on any atom is -0.433 e. The molecule has 5 rings (SSSR count). The minimum absolute atomic E-state index is 0.00134. The number of thiazole rings is 1. The number of carbonyl (C=O) groups excluding carboxylic acids is 2. The van der Waals surface area contributed by atoms with E-state index in [0.29, 0.717) is 49.4 Å². The van der Waals surface area contributed by atoms with Crippen LogP contribution >= 0.6 is 27.3 Å². The zero-order chi connectivity index (χ0) is 20.0. The lowest BCUT2D eigenvalue weighted by Crippen LogP contribution is -2.64. The molecule has 0 atom stereocenters. The predicted molar refractivity (Wildman–Crippen MR) is 111 cm³/mol. The van der Waals surface area contributed by atoms with Gasteiger partial charge in [0.2, 0.25) is 5.71 Å². The number of hydrogen-bond acceptors (Lipinski definition) is 7. The summed E-state index contributed by atoms with van der Waals surface area (Å²) >= 11 is 4.81. The fourth-order valence-corrected chi connectivity index (χ4v) is 4.66. The molecule has 150 valence electrons. The van der Waals surface area contributed by atoms with Gasteiger partial charge in [0.05, 0.1) is 5.51 Å². The lowest BCUT2D eigenvalue weighted by atomic mass is 10.1. The number of furan rings is 1. The number of nitrogens with zero attached hydrogens (tertiary/aromatic N) is 5. The minimum atomic E-state index is -0.104. The Morgan fingerprint density at radius 1 is 1.07 bits per heavy atom. The SMILES string of the molecule is O=C(c1cscn1)N1CC(N2CCN(C(=O)c3cc4cc(Br)cnc4o3)CC2)C1. The van der Waals surface area contributed by atoms with Crippen LogP contribution in [0.15, 0.2) is 38.1 Å². The summed E-state index contributed by atoms with van der Waals surface area (Å²) in [5.74, 6) is 0.219. The Hall–Kier alpha value is -2.30. The van der Waals surface area contributed by atoms with Crippen LogP contribution in [0.2, 0.25) is 0 Å². The maximum atomic E-state index is 12.8. The zero-order valence-electron chi connectivity index (χ0n) is 15.5. The van der Waals surface area contributed by atoms with Crippen molar-refractivity contribution in [2.45, 2.75) is 6.04 Å². The van der Waals surface area contributed by atoms with E-state index >= 15 is 0 Å². The fraction of sp³-hybridized carbons (Fsp3) is 0.368. The second-order valence-electron chi connectivity index (χ2n) is 7.22. The highest BCUT2D eigenvalue weighted by Crippen LogP contribution is 2.23. The fourth-order valence-electron chi connectivity index (χ4n) is 3.79. The Labute approximate surface area is 179 Å². The Balaban J connectivity index is 1.15. The van der Waals surface area contributed by atoms with Crippen LogP contribution in [-0.4, -0.2) is 81.8 Å². The number of fused-ring (bicyclic) bond motifs is 1. The average molecular weight is 476 g/mol. The van der Waals surface area contributed by atoms with Crippen LogP contribution in [-0.2, 0) is 0 Å². The Morgan fingerprint density at radius 2 is 1.86 bits per heavy atom. The Morgan fingerprint density at radius 3 is 2.59 bits per heavy atom. The maximum Gasteiger partial charge on any atom is 0.289 e. The average Bonchev–Trinajstić information content (AvgIpc) is 3.36. The zero-order valence-corrected chi connectivity index (χ0v) is 17.9. The van der Waals surface area contributed by atoms with Crippen LogP contribution < -0.4 is 0 Å². The molecule has 2 aliphatic rings. The third-order valence-electron chi connectivity index (χ3n) is 5.47. The summed E-state index contributed by atoms with van der Waals surface area (Å²) in [6, 6.07) is 3.98. The van der Waals surface area contributed by atoms with Gasteiger partial charge >= 0.3 is 0 Å². The van der Waals surface area contributed by atoms with Crippen molar-refractivity contribution >= 4 is 50.2 Å². The molecule has 0 unspecified atom stereocenters. The van der Waals surface area contributed by atoms with Crippen molar-refractivity contribution in [1.29, 1.82) is 0 Å². The lowest BCUT2D eigenvalue weighted by molar-refractivity contribution is 0.00772. The number of hydrogen-bond donors (Lipinski definition) is 0. The molecule has 2 aliphatic heterocycles. The first-order valence-corrected chi connectivity index (χ1v) is 11.1. The summed E-state index contributed by atoms with van der Waals surface area (Å²) in [4.78, 5) is 39.4. The smallest absolute Gasteiger partial charge is 0.289 e. The van der Waals surface area contributed by atoms with Crippen molar-refractivity contribution in [3.05, 3.63) is 45.1 Å². The largest absolute Gasteiger partial charge is 0.433 e. The molecule has 0 spiro atoms. The van der Waals surface area contributed by atoms with Crippen LogP contribution in [0.4, 0.5) is 0 Å². The second kappa shape index (κ2) is 7.51. The van der Waals surface area contributed by atoms with E-state index in [0.717, 1.165) is 22.9 Å². The third-order valence-corrected chi connectivity index (χ3v) is 6.49. The van der Waals surface area contributed by atoms with Crippen LogP contribution in [0.25, 0.3) is 11.1 Å². The Kier molecular flexibility index (Phi) is 4.84. The number of pyridine rings is 1. The molecule has 3 aromatic heterocycles. The summed E-state index contributed by atoms with van der Waals surface area (Å²) < 4.78 is 6.48. The van der Waals surface area contributed by atoms with Crippen molar-refractivity contribution < 1.29 is 14.0 Å². The molecule has 0 aliphatic carbocycles. The van der Waals surface area contributed by atoms with Crippen LogP contribution in [0.5, 0.6) is 0 Å². The molecule has 3 aromatic rings. The van der Waals surface area contributed by atoms with Crippen molar-refractivity contribution in [1.82, 2.24) is 24.7 Å². The van der Waals surface area contributed by atoms with E-state index in [1.54, 1.807) is 23.2 Å². The van der Waals surface area contributed by atoms with E-state index in [9.17, 15) is 9.59 Å². The number of aromatic nitrogens is 2. The van der Waals surface area contributed by atoms with Gasteiger partial charge in [0.1, 0.15) is 5.69 Å². The summed E-state index contributed by atoms with van der Waals surface area (Å²) in [6.45, 7) is 4.30. The first-order valence-electron chi connectivity index (χ1n) is 9.34. The molecule has 0 aromatic carbocycles. The Bertz CT molecular complexity index is 1060. The molecule has 29 heavy (non-hydrogen) atoms. The van der Waals surface area contributed by atoms with Crippen molar-refractivity contribution in [2.24, 2.45) is 0 Å². The molecule has 2 saturated heterocycles. The number of amides is 2. The molecule has 2 fully saturated rings. The maximum absolute atomic E-state index is 12.8. The number of piperazine rings is 1. The number of halogens is 1. The summed E-state index contributed by atoms with van der Waals surface area (Å²) in [6.07, 6.45) is 1.65. The van der Waals surface area contributed by atoms with Crippen molar-refractivity contribution in [3.8, 4) is 0 Å². The summed E-state index contributed by atoms with van der Waals surface area (Å²) in [5, 5.41) is 2.59. The van der Waals surface area contributed by atoms with E-state index in [2.05, 4.69) is 30.8 Å². The summed E-state index contributed by atoms with van der Waals surface area (Å²) in [5.41, 5.74) is 2.67. The highest BCUT2D eigenvalue weighted by molar-refractivity contribution is 9.10. The van der Waals surface area contributed by atoms with Gasteiger partial charge in [-0.05, 0) is 28.1 Å². The normalized spacial score (nSPS) is 18.2. The highest BCUT2D eigenvalue weighted by Gasteiger charge is 2.37. The van der Waals surface area contributed by atoms with Gasteiger partial charge in [0.15, 0.2) is 5.76 Å². The monoisotopic (exact) mass is 475 g/mol. The van der Waals surface area contributed by atoms with Crippen molar-refractivity contribution in [3.63, 3.8) is 0 Å². The van der Waals surface area contributed by atoms with Gasteiger partial charge in [0, 0.05) is 66.7 Å². The molecule has 0 N–H and O–H groups in total. The van der Waals surface area contributed by atoms with Crippen LogP contribution in [0, 0.1) is 0 Å². The molecule has 0 saturated carbocycles. The van der Waals surface area contributed by atoms with Gasteiger partial charge in [-0.1, -0.05) is 0 Å². The van der Waals surface area contributed by atoms with Gasteiger partial charge in [-0.15, -0.1) is 11.3 Å². The molecule has 5 heterocycles. The van der Waals surface area contributed by atoms with Crippen molar-refractivity contribution in [2.75, 3.05) is 39.3 Å². The molecule has 10 heteroatoms. The molecular weight excluding hydrogens is 458 g/mol. The number of rotatable bonds is 3. The number of carbonyl (C=O) groups is 2. The molecule has 0 bridgehead atoms. The standard InChI is InChI=1S/C19H18BrN5O3S/c20-13-5-12-6-16(28-17(12)21-7-13)19(27)24-3-1-23(2-4-24)14-8-25(9-14)18(26)15-10-29-11-22-15/h5-7,10-11,14H,1-4,8-9H2. The summed E-state index contributed by atoms with van der Waals surface area (Å²) in [7, 11) is 0. The first kappa shape index (κ1) is 18.7. The quantitative estimate of drug-likeness (QED) is 0.577. The predicted octanol–water partition coefficient (Wildman–Crippen LogP) is 2.33. The van der Waals surface area contributed by atoms with Crippen LogP contribution in [0.3, 0.4) is 0 Å². The van der Waals surface area contributed by atoms with E-state index < -0.39 is 0 Å². The molecular formula is C19H18BrN5O3S. The van der Waals surface area contributed by atoms with Gasteiger partial charge in [-0.2, -0.15) is 0 Å². The second-order valence-corrected chi connectivity index (χ2v) is 8.86.